The van der Waals surface area contributed by atoms with Crippen LogP contribution in [0, 0.1) is 0 Å². The Morgan fingerprint density at radius 3 is 2.83 bits per heavy atom. The fourth-order valence-electron chi connectivity index (χ4n) is 4.31. The van der Waals surface area contributed by atoms with Gasteiger partial charge in [-0.1, -0.05) is 35.6 Å². The molecule has 1 aliphatic rings. The molecule has 1 atom stereocenters. The predicted octanol–water partition coefficient (Wildman–Crippen LogP) is 4.05. The smallest absolute Gasteiger partial charge is 0.338 e. The number of benzene rings is 2. The molecule has 0 saturated carbocycles. The summed E-state index contributed by atoms with van der Waals surface area (Å²) in [4.78, 5) is 35.2. The quantitative estimate of drug-likeness (QED) is 0.379. The number of fused-ring (bicyclic) bond motifs is 2. The number of nitrogens with zero attached hydrogens (tertiary/aromatic N) is 2. The molecule has 2 aromatic carbocycles. The van der Waals surface area contributed by atoms with E-state index in [1.165, 1.54) is 11.3 Å². The Balaban J connectivity index is 1.74. The Labute approximate surface area is 213 Å². The number of rotatable bonds is 5. The van der Waals surface area contributed by atoms with Gasteiger partial charge in [0.25, 0.3) is 5.56 Å². The average Bonchev–Trinajstić information content (AvgIpc) is 3.39. The Bertz CT molecular complexity index is 1680. The first kappa shape index (κ1) is 23.3. The van der Waals surface area contributed by atoms with Gasteiger partial charge in [-0.25, -0.2) is 9.79 Å². The van der Waals surface area contributed by atoms with Gasteiger partial charge in [-0.3, -0.25) is 9.36 Å². The first-order valence-electron chi connectivity index (χ1n) is 11.0. The molecule has 0 fully saturated rings. The molecule has 4 aromatic rings. The van der Waals surface area contributed by atoms with E-state index >= 15 is 0 Å². The van der Waals surface area contributed by atoms with E-state index in [-0.39, 0.29) is 12.2 Å². The number of thiazole rings is 1. The van der Waals surface area contributed by atoms with Crippen LogP contribution in [0.1, 0.15) is 31.0 Å². The topological polar surface area (TPSA) is 85.7 Å². The number of methoxy groups -OCH3 is 1. The van der Waals surface area contributed by atoms with E-state index in [0.717, 1.165) is 26.5 Å². The number of allylic oxidation sites excluding steroid dienone is 1. The molecule has 2 aromatic heterocycles. The van der Waals surface area contributed by atoms with Crippen LogP contribution in [0.25, 0.3) is 17.0 Å². The van der Waals surface area contributed by atoms with E-state index in [9.17, 15) is 9.59 Å². The number of nitrogens with one attached hydrogen (secondary N) is 1. The van der Waals surface area contributed by atoms with Crippen LogP contribution in [-0.2, 0) is 9.53 Å². The first-order chi connectivity index (χ1) is 16.9. The highest BCUT2D eigenvalue weighted by atomic mass is 79.9. The zero-order chi connectivity index (χ0) is 24.7. The maximum Gasteiger partial charge on any atom is 0.338 e. The lowest BCUT2D eigenvalue weighted by Gasteiger charge is -2.25. The second kappa shape index (κ2) is 9.31. The van der Waals surface area contributed by atoms with Crippen LogP contribution < -0.4 is 19.6 Å². The number of hydrogen-bond donors (Lipinski definition) is 1. The molecule has 5 rings (SSSR count). The number of esters is 1. The van der Waals surface area contributed by atoms with Crippen LogP contribution in [0.2, 0.25) is 0 Å². The Morgan fingerprint density at radius 2 is 2.09 bits per heavy atom. The number of carbonyl (C=O) groups is 1. The van der Waals surface area contributed by atoms with Crippen molar-refractivity contribution in [2.75, 3.05) is 13.7 Å². The van der Waals surface area contributed by atoms with Gasteiger partial charge in [-0.05, 0) is 59.6 Å². The number of para-hydroxylation sites is 1. The molecule has 0 bridgehead atoms. The number of ether oxygens (including phenoxy) is 2. The summed E-state index contributed by atoms with van der Waals surface area (Å²) in [5.41, 5.74) is 3.30. The number of hydrogen-bond acceptors (Lipinski definition) is 6. The van der Waals surface area contributed by atoms with Crippen molar-refractivity contribution in [2.24, 2.45) is 4.99 Å². The Kier molecular flexibility index (Phi) is 6.21. The number of halogens is 1. The van der Waals surface area contributed by atoms with Crippen molar-refractivity contribution in [3.05, 3.63) is 95.2 Å². The van der Waals surface area contributed by atoms with Crippen LogP contribution in [0.5, 0.6) is 5.75 Å². The number of aromatic nitrogens is 2. The Hall–Kier alpha value is -3.43. The third-order valence-corrected chi connectivity index (χ3v) is 7.52. The van der Waals surface area contributed by atoms with Crippen molar-refractivity contribution >= 4 is 50.2 Å². The van der Waals surface area contributed by atoms with Gasteiger partial charge in [0.05, 0.1) is 40.0 Å². The molecule has 7 nitrogen and oxygen atoms in total. The summed E-state index contributed by atoms with van der Waals surface area (Å²) in [6, 6.07) is 12.8. The van der Waals surface area contributed by atoms with Crippen LogP contribution in [0.15, 0.2) is 74.2 Å². The highest BCUT2D eigenvalue weighted by molar-refractivity contribution is 9.10. The van der Waals surface area contributed by atoms with Crippen LogP contribution in [0.4, 0.5) is 0 Å². The van der Waals surface area contributed by atoms with Crippen molar-refractivity contribution in [3.8, 4) is 5.75 Å². The van der Waals surface area contributed by atoms with E-state index in [4.69, 9.17) is 9.47 Å². The molecular formula is C26H22BrN3O4S. The number of aromatic amines is 1. The lowest BCUT2D eigenvalue weighted by atomic mass is 9.96. The molecular weight excluding hydrogens is 530 g/mol. The van der Waals surface area contributed by atoms with Crippen LogP contribution in [0.3, 0.4) is 0 Å². The summed E-state index contributed by atoms with van der Waals surface area (Å²) in [6.07, 6.45) is 3.75. The van der Waals surface area contributed by atoms with E-state index in [1.807, 2.05) is 48.7 Å². The molecule has 0 aliphatic carbocycles. The Morgan fingerprint density at radius 1 is 1.29 bits per heavy atom. The maximum atomic E-state index is 13.8. The van der Waals surface area contributed by atoms with Crippen molar-refractivity contribution in [1.29, 1.82) is 0 Å². The monoisotopic (exact) mass is 551 g/mol. The van der Waals surface area contributed by atoms with Gasteiger partial charge in [0.1, 0.15) is 5.75 Å². The van der Waals surface area contributed by atoms with Gasteiger partial charge < -0.3 is 14.5 Å². The third-order valence-electron chi connectivity index (χ3n) is 5.92. The number of carbonyl (C=O) groups excluding carboxylic acids is 1. The minimum absolute atomic E-state index is 0.217. The summed E-state index contributed by atoms with van der Waals surface area (Å²) in [7, 11) is 1.58. The van der Waals surface area contributed by atoms with Crippen LogP contribution in [-0.4, -0.2) is 29.2 Å². The predicted molar refractivity (Wildman–Crippen MR) is 139 cm³/mol. The van der Waals surface area contributed by atoms with Gasteiger partial charge in [0, 0.05) is 22.7 Å². The molecule has 0 amide bonds. The second-order valence-electron chi connectivity index (χ2n) is 7.99. The second-order valence-corrected chi connectivity index (χ2v) is 9.85. The van der Waals surface area contributed by atoms with Crippen LogP contribution >= 0.6 is 27.3 Å². The zero-order valence-corrected chi connectivity index (χ0v) is 21.7. The molecule has 9 heteroatoms. The average molecular weight is 552 g/mol. The van der Waals surface area contributed by atoms with Gasteiger partial charge >= 0.3 is 5.97 Å². The molecule has 0 spiro atoms. The minimum Gasteiger partial charge on any atom is -0.496 e. The normalized spacial score (nSPS) is 15.8. The van der Waals surface area contributed by atoms with Gasteiger partial charge in [-0.2, -0.15) is 0 Å². The maximum absolute atomic E-state index is 13.8. The highest BCUT2D eigenvalue weighted by Gasteiger charge is 2.33. The molecule has 0 saturated heterocycles. The largest absolute Gasteiger partial charge is 0.496 e. The van der Waals surface area contributed by atoms with E-state index in [2.05, 4.69) is 25.9 Å². The standard InChI is InChI=1S/C26H22BrN3O4S/c1-4-34-25(32)22-14(2)29-26-30(23(22)15-9-10-20(33-3)18(27)11-15)24(31)21(35-26)12-16-13-28-19-8-6-5-7-17(16)19/h5-13,23,28H,4H2,1-3H3/b21-12+/t23-/m0/s1. The number of H-pyrrole nitrogens is 1. The van der Waals surface area contributed by atoms with E-state index < -0.39 is 12.0 Å². The third kappa shape index (κ3) is 4.04. The molecule has 0 radical (unpaired) electrons. The van der Waals surface area contributed by atoms with Crippen molar-refractivity contribution in [1.82, 2.24) is 9.55 Å². The summed E-state index contributed by atoms with van der Waals surface area (Å²) in [5.74, 6) is 0.162. The minimum atomic E-state index is -0.683. The molecule has 1 aliphatic heterocycles. The lowest BCUT2D eigenvalue weighted by molar-refractivity contribution is -0.139. The molecule has 35 heavy (non-hydrogen) atoms. The molecule has 3 heterocycles. The fourth-order valence-corrected chi connectivity index (χ4v) is 5.91. The first-order valence-corrected chi connectivity index (χ1v) is 12.6. The zero-order valence-electron chi connectivity index (χ0n) is 19.3. The summed E-state index contributed by atoms with van der Waals surface area (Å²) < 4.78 is 13.6. The summed E-state index contributed by atoms with van der Waals surface area (Å²) in [5, 5.41) is 1.03. The van der Waals surface area contributed by atoms with Gasteiger partial charge in [-0.15, -0.1) is 0 Å². The van der Waals surface area contributed by atoms with Gasteiger partial charge in [0.15, 0.2) is 4.80 Å². The van der Waals surface area contributed by atoms with E-state index in [1.54, 1.807) is 31.6 Å². The molecule has 178 valence electrons. The van der Waals surface area contributed by atoms with E-state index in [0.29, 0.717) is 26.4 Å². The van der Waals surface area contributed by atoms with Gasteiger partial charge in [0.2, 0.25) is 0 Å². The lowest BCUT2D eigenvalue weighted by Crippen LogP contribution is -2.39. The highest BCUT2D eigenvalue weighted by Crippen LogP contribution is 2.35. The van der Waals surface area contributed by atoms with Crippen molar-refractivity contribution < 1.29 is 14.3 Å². The van der Waals surface area contributed by atoms with Crippen molar-refractivity contribution in [3.63, 3.8) is 0 Å². The van der Waals surface area contributed by atoms with Crippen molar-refractivity contribution in [2.45, 2.75) is 19.9 Å². The summed E-state index contributed by atoms with van der Waals surface area (Å²) >= 11 is 4.83. The SMILES string of the molecule is CCOC(=O)C1=C(C)N=c2s/c(=C/c3c[nH]c4ccccc34)c(=O)n2[C@H]1c1ccc(OC)c(Br)c1. The molecule has 0 unspecified atom stereocenters. The molecule has 1 N–H and O–H groups in total. The fraction of sp³-hybridized carbons (Fsp3) is 0.192. The summed E-state index contributed by atoms with van der Waals surface area (Å²) in [6.45, 7) is 3.75.